The molecular weight excluding hydrogens is 351 g/mol. The van der Waals surface area contributed by atoms with Gasteiger partial charge < -0.3 is 21.3 Å². The van der Waals surface area contributed by atoms with E-state index in [1.807, 2.05) is 0 Å². The van der Waals surface area contributed by atoms with Crippen LogP contribution in [0.4, 0.5) is 5.69 Å². The lowest BCUT2D eigenvalue weighted by molar-refractivity contribution is -0.116. The number of amides is 2. The fourth-order valence-electron chi connectivity index (χ4n) is 2.06. The van der Waals surface area contributed by atoms with Gasteiger partial charge in [0.2, 0.25) is 5.91 Å². The molecule has 0 aliphatic heterocycles. The van der Waals surface area contributed by atoms with Gasteiger partial charge in [-0.2, -0.15) is 0 Å². The molecule has 0 saturated carbocycles. The van der Waals surface area contributed by atoms with Gasteiger partial charge in [-0.1, -0.05) is 19.9 Å². The molecule has 1 aromatic rings. The van der Waals surface area contributed by atoms with Crippen molar-refractivity contribution in [3.8, 4) is 0 Å². The highest BCUT2D eigenvalue weighted by molar-refractivity contribution is 5.97. The molecule has 0 spiro atoms. The zero-order valence-corrected chi connectivity index (χ0v) is 15.8. The van der Waals surface area contributed by atoms with E-state index in [9.17, 15) is 9.59 Å². The summed E-state index contributed by atoms with van der Waals surface area (Å²) in [6.45, 7) is 7.86. The monoisotopic (exact) mass is 378 g/mol. The minimum atomic E-state index is -0.151. The van der Waals surface area contributed by atoms with Crippen LogP contribution < -0.4 is 16.4 Å². The van der Waals surface area contributed by atoms with Crippen LogP contribution >= 0.6 is 24.8 Å². The first-order chi connectivity index (χ1) is 10.6. The number of carbonyl (C=O) groups excluding carboxylic acids is 2. The third-order valence-electron chi connectivity index (χ3n) is 3.39. The maximum absolute atomic E-state index is 12.1. The number of carbonyl (C=O) groups is 2. The van der Waals surface area contributed by atoms with Crippen molar-refractivity contribution in [3.63, 3.8) is 0 Å². The Morgan fingerprint density at radius 1 is 1.17 bits per heavy atom. The number of nitrogens with two attached hydrogens (primary N) is 1. The van der Waals surface area contributed by atoms with Crippen molar-refractivity contribution in [3.05, 3.63) is 29.8 Å². The first-order valence-electron chi connectivity index (χ1n) is 7.71. The van der Waals surface area contributed by atoms with Crippen molar-refractivity contribution in [1.82, 2.24) is 10.2 Å². The van der Waals surface area contributed by atoms with Crippen molar-refractivity contribution in [2.75, 3.05) is 38.0 Å². The van der Waals surface area contributed by atoms with Gasteiger partial charge in [-0.05, 0) is 31.3 Å². The van der Waals surface area contributed by atoms with Gasteiger partial charge in [0.05, 0.1) is 0 Å². The number of benzene rings is 1. The average molecular weight is 379 g/mol. The van der Waals surface area contributed by atoms with Crippen LogP contribution in [0.5, 0.6) is 0 Å². The van der Waals surface area contributed by atoms with Crippen LogP contribution in [-0.2, 0) is 4.79 Å². The van der Waals surface area contributed by atoms with Crippen LogP contribution in [0.25, 0.3) is 0 Å². The molecule has 1 rings (SSSR count). The predicted molar refractivity (Wildman–Crippen MR) is 103 cm³/mol. The topological polar surface area (TPSA) is 87.5 Å². The van der Waals surface area contributed by atoms with E-state index in [0.717, 1.165) is 19.6 Å². The second-order valence-corrected chi connectivity index (χ2v) is 4.95. The molecule has 6 nitrogen and oxygen atoms in total. The molecule has 0 saturated heterocycles. The number of likely N-dealkylation sites (N-methyl/N-ethyl adjacent to an activating group) is 1. The van der Waals surface area contributed by atoms with Crippen LogP contribution in [0, 0.1) is 0 Å². The number of nitrogens with one attached hydrogen (secondary N) is 2. The summed E-state index contributed by atoms with van der Waals surface area (Å²) in [5, 5.41) is 5.61. The summed E-state index contributed by atoms with van der Waals surface area (Å²) in [5.74, 6) is -0.288. The summed E-state index contributed by atoms with van der Waals surface area (Å²) in [7, 11) is 0. The van der Waals surface area contributed by atoms with E-state index in [-0.39, 0.29) is 43.0 Å². The molecule has 24 heavy (non-hydrogen) atoms. The minimum absolute atomic E-state index is 0. The summed E-state index contributed by atoms with van der Waals surface area (Å²) in [6.07, 6.45) is 0.264. The molecule has 0 heterocycles. The molecule has 0 bridgehead atoms. The molecule has 138 valence electrons. The Morgan fingerprint density at radius 3 is 2.42 bits per heavy atom. The van der Waals surface area contributed by atoms with Crippen molar-refractivity contribution in [2.45, 2.75) is 20.3 Å². The van der Waals surface area contributed by atoms with Crippen molar-refractivity contribution in [1.29, 1.82) is 0 Å². The number of nitrogens with zero attached hydrogens (tertiary/aromatic N) is 1. The number of halogens is 2. The molecule has 8 heteroatoms. The Bertz CT molecular complexity index is 497. The van der Waals surface area contributed by atoms with Crippen molar-refractivity contribution >= 4 is 42.3 Å². The van der Waals surface area contributed by atoms with Gasteiger partial charge >= 0.3 is 0 Å². The molecule has 0 atom stereocenters. The second-order valence-electron chi connectivity index (χ2n) is 4.95. The first-order valence-corrected chi connectivity index (χ1v) is 7.71. The normalized spacial score (nSPS) is 9.67. The Morgan fingerprint density at radius 2 is 1.83 bits per heavy atom. The fraction of sp³-hybridized carbons (Fsp3) is 0.500. The lowest BCUT2D eigenvalue weighted by Crippen LogP contribution is -2.34. The first kappa shape index (κ1) is 24.9. The number of rotatable bonds is 9. The third-order valence-corrected chi connectivity index (χ3v) is 3.39. The molecular formula is C16H28Cl2N4O2. The van der Waals surface area contributed by atoms with Gasteiger partial charge in [-0.3, -0.25) is 9.59 Å². The molecule has 0 unspecified atom stereocenters. The van der Waals surface area contributed by atoms with Gasteiger partial charge in [0, 0.05) is 37.3 Å². The van der Waals surface area contributed by atoms with Crippen LogP contribution in [0.2, 0.25) is 0 Å². The average Bonchev–Trinajstić information content (AvgIpc) is 2.52. The largest absolute Gasteiger partial charge is 0.351 e. The van der Waals surface area contributed by atoms with Gasteiger partial charge in [0.25, 0.3) is 5.91 Å². The summed E-state index contributed by atoms with van der Waals surface area (Å²) >= 11 is 0. The second kappa shape index (κ2) is 14.0. The van der Waals surface area contributed by atoms with E-state index < -0.39 is 0 Å². The quantitative estimate of drug-likeness (QED) is 0.612. The van der Waals surface area contributed by atoms with Crippen molar-refractivity contribution in [2.24, 2.45) is 5.73 Å². The Balaban J connectivity index is 0. The Kier molecular flexibility index (Phi) is 14.6. The lowest BCUT2D eigenvalue weighted by atomic mass is 10.2. The van der Waals surface area contributed by atoms with E-state index in [1.54, 1.807) is 24.3 Å². The highest BCUT2D eigenvalue weighted by Gasteiger charge is 2.08. The smallest absolute Gasteiger partial charge is 0.251 e. The molecule has 4 N–H and O–H groups in total. The highest BCUT2D eigenvalue weighted by atomic mass is 35.5. The minimum Gasteiger partial charge on any atom is -0.351 e. The molecule has 2 amide bonds. The predicted octanol–water partition coefficient (Wildman–Crippen LogP) is 1.89. The van der Waals surface area contributed by atoms with Crippen LogP contribution in [0.15, 0.2) is 24.3 Å². The lowest BCUT2D eigenvalue weighted by Gasteiger charge is -2.18. The molecule has 1 aromatic carbocycles. The van der Waals surface area contributed by atoms with E-state index >= 15 is 0 Å². The maximum atomic E-state index is 12.1. The molecule has 0 aromatic heterocycles. The van der Waals surface area contributed by atoms with E-state index in [0.29, 0.717) is 24.3 Å². The zero-order valence-electron chi connectivity index (χ0n) is 14.2. The number of anilines is 1. The highest BCUT2D eigenvalue weighted by Crippen LogP contribution is 2.10. The maximum Gasteiger partial charge on any atom is 0.251 e. The van der Waals surface area contributed by atoms with Crippen molar-refractivity contribution < 1.29 is 9.59 Å². The summed E-state index contributed by atoms with van der Waals surface area (Å²) < 4.78 is 0. The summed E-state index contributed by atoms with van der Waals surface area (Å²) in [4.78, 5) is 25.9. The third kappa shape index (κ3) is 9.08. The SMILES string of the molecule is CCN(CC)CCNC(=O)c1cccc(NC(=O)CCN)c1.Cl.Cl. The fourth-order valence-corrected chi connectivity index (χ4v) is 2.06. The Labute approximate surface area is 156 Å². The zero-order chi connectivity index (χ0) is 16.4. The van der Waals surface area contributed by atoms with Crippen LogP contribution in [0.1, 0.15) is 30.6 Å². The summed E-state index contributed by atoms with van der Waals surface area (Å²) in [5.41, 5.74) is 6.47. The molecule has 0 fully saturated rings. The van der Waals surface area contributed by atoms with Gasteiger partial charge in [0.1, 0.15) is 0 Å². The van der Waals surface area contributed by atoms with Crippen LogP contribution in [-0.4, -0.2) is 49.4 Å². The molecule has 0 aliphatic rings. The van der Waals surface area contributed by atoms with E-state index in [4.69, 9.17) is 5.73 Å². The van der Waals surface area contributed by atoms with E-state index in [1.165, 1.54) is 0 Å². The standard InChI is InChI=1S/C16H26N4O2.2ClH/c1-3-20(4-2)11-10-18-16(22)13-6-5-7-14(12-13)19-15(21)8-9-17;;/h5-7,12H,3-4,8-11,17H2,1-2H3,(H,18,22)(H,19,21);2*1H. The number of hydrogen-bond acceptors (Lipinski definition) is 4. The summed E-state index contributed by atoms with van der Waals surface area (Å²) in [6, 6.07) is 6.89. The van der Waals surface area contributed by atoms with Crippen LogP contribution in [0.3, 0.4) is 0 Å². The Hall–Kier alpha value is -1.34. The molecule has 0 radical (unpaired) electrons. The van der Waals surface area contributed by atoms with Gasteiger partial charge in [0.15, 0.2) is 0 Å². The van der Waals surface area contributed by atoms with Gasteiger partial charge in [-0.25, -0.2) is 0 Å². The number of hydrogen-bond donors (Lipinski definition) is 3. The van der Waals surface area contributed by atoms with E-state index in [2.05, 4.69) is 29.4 Å². The molecule has 0 aliphatic carbocycles. The van der Waals surface area contributed by atoms with Gasteiger partial charge in [-0.15, -0.1) is 24.8 Å².